The molecule has 0 spiro atoms. The average molecular weight is 645 g/mol. The SMILES string of the molecule is CCCNC(=O)[C@@H](C)N(Cc1c(Cl)cccc1Cl)C(=O)CN(c1cc(Cl)ccc1Cl)S(=O)(=O)c1ccc(C)cc1. The molecule has 0 bridgehead atoms. The molecule has 214 valence electrons. The van der Waals surface area contributed by atoms with Gasteiger partial charge in [-0.3, -0.25) is 13.9 Å². The van der Waals surface area contributed by atoms with Crippen LogP contribution in [0.25, 0.3) is 0 Å². The molecule has 0 aliphatic carbocycles. The van der Waals surface area contributed by atoms with Crippen LogP contribution in [0.5, 0.6) is 0 Å². The van der Waals surface area contributed by atoms with Gasteiger partial charge < -0.3 is 10.2 Å². The van der Waals surface area contributed by atoms with E-state index in [0.29, 0.717) is 28.6 Å². The van der Waals surface area contributed by atoms with E-state index in [-0.39, 0.29) is 27.2 Å². The number of anilines is 1. The van der Waals surface area contributed by atoms with Gasteiger partial charge in [-0.05, 0) is 62.7 Å². The highest BCUT2D eigenvalue weighted by Gasteiger charge is 2.34. The largest absolute Gasteiger partial charge is 0.354 e. The van der Waals surface area contributed by atoms with Gasteiger partial charge in [0, 0.05) is 33.7 Å². The predicted octanol–water partition coefficient (Wildman–Crippen LogP) is 6.75. The summed E-state index contributed by atoms with van der Waals surface area (Å²) in [4.78, 5) is 28.2. The molecule has 0 aliphatic heterocycles. The molecular weight excluding hydrogens is 616 g/mol. The van der Waals surface area contributed by atoms with E-state index in [0.717, 1.165) is 9.87 Å². The van der Waals surface area contributed by atoms with Gasteiger partial charge >= 0.3 is 0 Å². The maximum Gasteiger partial charge on any atom is 0.264 e. The first-order chi connectivity index (χ1) is 18.9. The third kappa shape index (κ3) is 7.62. The van der Waals surface area contributed by atoms with Gasteiger partial charge in [-0.2, -0.15) is 0 Å². The van der Waals surface area contributed by atoms with Gasteiger partial charge in [-0.25, -0.2) is 8.42 Å². The van der Waals surface area contributed by atoms with Crippen molar-refractivity contribution in [1.82, 2.24) is 10.2 Å². The third-order valence-electron chi connectivity index (χ3n) is 6.17. The molecule has 0 radical (unpaired) electrons. The molecule has 0 aromatic heterocycles. The molecule has 12 heteroatoms. The normalized spacial score (nSPS) is 12.1. The second-order valence-corrected chi connectivity index (χ2v) is 12.6. The zero-order valence-corrected chi connectivity index (χ0v) is 26.0. The molecule has 40 heavy (non-hydrogen) atoms. The van der Waals surface area contributed by atoms with Crippen LogP contribution in [0.4, 0.5) is 5.69 Å². The number of nitrogens with one attached hydrogen (secondary N) is 1. The van der Waals surface area contributed by atoms with Crippen molar-refractivity contribution < 1.29 is 18.0 Å². The topological polar surface area (TPSA) is 86.8 Å². The Balaban J connectivity index is 2.10. The summed E-state index contributed by atoms with van der Waals surface area (Å²) in [7, 11) is -4.30. The first-order valence-corrected chi connectivity index (χ1v) is 15.4. The summed E-state index contributed by atoms with van der Waals surface area (Å²) in [6, 6.07) is 14.4. The lowest BCUT2D eigenvalue weighted by molar-refractivity contribution is -0.139. The van der Waals surface area contributed by atoms with Crippen molar-refractivity contribution in [2.24, 2.45) is 0 Å². The summed E-state index contributed by atoms with van der Waals surface area (Å²) in [5, 5.41) is 3.67. The number of hydrogen-bond donors (Lipinski definition) is 1. The fraction of sp³-hybridized carbons (Fsp3) is 0.286. The number of aryl methyl sites for hydroxylation is 1. The molecule has 0 aliphatic rings. The zero-order chi connectivity index (χ0) is 29.6. The van der Waals surface area contributed by atoms with Crippen LogP contribution in [0.2, 0.25) is 20.1 Å². The third-order valence-corrected chi connectivity index (χ3v) is 9.21. The molecule has 2 amide bonds. The number of hydrogen-bond acceptors (Lipinski definition) is 4. The van der Waals surface area contributed by atoms with E-state index in [1.54, 1.807) is 37.3 Å². The van der Waals surface area contributed by atoms with Gasteiger partial charge in [0.25, 0.3) is 10.0 Å². The summed E-state index contributed by atoms with van der Waals surface area (Å²) in [5.74, 6) is -1.09. The highest BCUT2D eigenvalue weighted by molar-refractivity contribution is 7.92. The van der Waals surface area contributed by atoms with Crippen LogP contribution in [0, 0.1) is 6.92 Å². The van der Waals surface area contributed by atoms with Crippen LogP contribution in [0.3, 0.4) is 0 Å². The minimum absolute atomic E-state index is 0.0157. The second kappa shape index (κ2) is 13.9. The minimum atomic E-state index is -4.30. The van der Waals surface area contributed by atoms with Crippen molar-refractivity contribution in [3.05, 3.63) is 91.9 Å². The van der Waals surface area contributed by atoms with Crippen LogP contribution in [-0.4, -0.2) is 44.3 Å². The second-order valence-electron chi connectivity index (χ2n) is 9.11. The number of amides is 2. The van der Waals surface area contributed by atoms with Crippen molar-refractivity contribution >= 4 is 73.9 Å². The Hall–Kier alpha value is -2.49. The molecular formula is C28H29Cl4N3O4S. The summed E-state index contributed by atoms with van der Waals surface area (Å²) in [6.45, 7) is 4.88. The van der Waals surface area contributed by atoms with Gasteiger partial charge in [0.2, 0.25) is 11.8 Å². The smallest absolute Gasteiger partial charge is 0.264 e. The number of halogens is 4. The average Bonchev–Trinajstić information content (AvgIpc) is 2.91. The van der Waals surface area contributed by atoms with Crippen LogP contribution >= 0.6 is 46.4 Å². The molecule has 3 rings (SSSR count). The van der Waals surface area contributed by atoms with E-state index < -0.39 is 34.4 Å². The van der Waals surface area contributed by atoms with E-state index in [4.69, 9.17) is 46.4 Å². The van der Waals surface area contributed by atoms with E-state index in [1.807, 2.05) is 13.8 Å². The Labute approximate surface area is 255 Å². The highest BCUT2D eigenvalue weighted by atomic mass is 35.5. The number of nitrogens with zero attached hydrogens (tertiary/aromatic N) is 2. The molecule has 0 saturated heterocycles. The van der Waals surface area contributed by atoms with Crippen molar-refractivity contribution in [3.63, 3.8) is 0 Å². The molecule has 1 N–H and O–H groups in total. The van der Waals surface area contributed by atoms with Gasteiger partial charge in [-0.15, -0.1) is 0 Å². The van der Waals surface area contributed by atoms with E-state index >= 15 is 0 Å². The van der Waals surface area contributed by atoms with Gasteiger partial charge in [0.05, 0.1) is 15.6 Å². The maximum absolute atomic E-state index is 14.0. The fourth-order valence-electron chi connectivity index (χ4n) is 3.86. The van der Waals surface area contributed by atoms with E-state index in [1.165, 1.54) is 35.2 Å². The molecule has 7 nitrogen and oxygen atoms in total. The van der Waals surface area contributed by atoms with Gasteiger partial charge in [0.1, 0.15) is 12.6 Å². The Kier molecular flexibility index (Phi) is 11.1. The Morgan fingerprint density at radius 2 is 1.55 bits per heavy atom. The number of carbonyl (C=O) groups excluding carboxylic acids is 2. The lowest BCUT2D eigenvalue weighted by Crippen LogP contribution is -2.51. The van der Waals surface area contributed by atoms with Crippen LogP contribution in [-0.2, 0) is 26.2 Å². The zero-order valence-electron chi connectivity index (χ0n) is 22.1. The lowest BCUT2D eigenvalue weighted by atomic mass is 10.1. The molecule has 3 aromatic carbocycles. The number of rotatable bonds is 11. The summed E-state index contributed by atoms with van der Waals surface area (Å²) in [6.07, 6.45) is 0.693. The number of sulfonamides is 1. The predicted molar refractivity (Wildman–Crippen MR) is 162 cm³/mol. The fourth-order valence-corrected chi connectivity index (χ4v) is 6.24. The molecule has 3 aromatic rings. The molecule has 0 unspecified atom stereocenters. The molecule has 0 fully saturated rings. The van der Waals surface area contributed by atoms with Crippen molar-refractivity contribution in [3.8, 4) is 0 Å². The quantitative estimate of drug-likeness (QED) is 0.250. The Morgan fingerprint density at radius 1 is 0.925 bits per heavy atom. The van der Waals surface area contributed by atoms with Crippen molar-refractivity contribution in [2.75, 3.05) is 17.4 Å². The standard InChI is InChI=1S/C28H29Cl4N3O4S/c1-4-14-33-28(37)19(3)34(16-22-23(30)6-5-7-24(22)31)27(36)17-35(26-15-20(29)10-13-25(26)32)40(38,39)21-11-8-18(2)9-12-21/h5-13,15,19H,4,14,16-17H2,1-3H3,(H,33,37)/t19-/m1/s1. The summed E-state index contributed by atoms with van der Waals surface area (Å²) in [5.41, 5.74) is 1.29. The van der Waals surface area contributed by atoms with E-state index in [9.17, 15) is 18.0 Å². The lowest BCUT2D eigenvalue weighted by Gasteiger charge is -2.32. The summed E-state index contributed by atoms with van der Waals surface area (Å²) < 4.78 is 28.7. The van der Waals surface area contributed by atoms with Gasteiger partial charge in [0.15, 0.2) is 0 Å². The van der Waals surface area contributed by atoms with Crippen molar-refractivity contribution in [2.45, 2.75) is 44.7 Å². The van der Waals surface area contributed by atoms with E-state index in [2.05, 4.69) is 5.32 Å². The first kappa shape index (κ1) is 32.0. The molecule has 1 atom stereocenters. The van der Waals surface area contributed by atoms with Gasteiger partial charge in [-0.1, -0.05) is 77.1 Å². The molecule has 0 saturated carbocycles. The first-order valence-electron chi connectivity index (χ1n) is 12.4. The van der Waals surface area contributed by atoms with Crippen LogP contribution in [0.15, 0.2) is 65.6 Å². The monoisotopic (exact) mass is 643 g/mol. The minimum Gasteiger partial charge on any atom is -0.354 e. The highest BCUT2D eigenvalue weighted by Crippen LogP contribution is 2.34. The summed E-state index contributed by atoms with van der Waals surface area (Å²) >= 11 is 25.4. The van der Waals surface area contributed by atoms with Crippen LogP contribution in [0.1, 0.15) is 31.4 Å². The Morgan fingerprint density at radius 3 is 2.15 bits per heavy atom. The Bertz CT molecular complexity index is 1460. The number of benzene rings is 3. The maximum atomic E-state index is 14.0. The van der Waals surface area contributed by atoms with Crippen molar-refractivity contribution in [1.29, 1.82) is 0 Å². The number of carbonyl (C=O) groups is 2. The van der Waals surface area contributed by atoms with Crippen LogP contribution < -0.4 is 9.62 Å². The molecule has 0 heterocycles.